The van der Waals surface area contributed by atoms with Gasteiger partial charge in [0, 0.05) is 17.3 Å². The first-order valence-electron chi connectivity index (χ1n) is 5.26. The van der Waals surface area contributed by atoms with E-state index in [9.17, 15) is 14.9 Å². The third kappa shape index (κ3) is 1.36. The quantitative estimate of drug-likeness (QED) is 0.609. The predicted molar refractivity (Wildman–Crippen MR) is 57.4 cm³/mol. The van der Waals surface area contributed by atoms with Crippen LogP contribution in [0.1, 0.15) is 29.9 Å². The average Bonchev–Trinajstić information content (AvgIpc) is 2.98. The Kier molecular flexibility index (Phi) is 1.77. The molecule has 0 spiro atoms. The summed E-state index contributed by atoms with van der Waals surface area (Å²) in [6.07, 6.45) is 2.27. The van der Waals surface area contributed by atoms with Crippen molar-refractivity contribution in [3.63, 3.8) is 0 Å². The number of carbonyl (C=O) groups is 1. The fourth-order valence-corrected chi connectivity index (χ4v) is 2.16. The molecular formula is C11H10N2O3. The molecule has 1 N–H and O–H groups in total. The highest BCUT2D eigenvalue weighted by atomic mass is 16.6. The Morgan fingerprint density at radius 1 is 1.38 bits per heavy atom. The first-order valence-corrected chi connectivity index (χ1v) is 5.26. The molecule has 0 bridgehead atoms. The van der Waals surface area contributed by atoms with Crippen molar-refractivity contribution in [1.82, 2.24) is 0 Å². The van der Waals surface area contributed by atoms with E-state index >= 15 is 0 Å². The molecule has 1 aromatic rings. The van der Waals surface area contributed by atoms with Gasteiger partial charge in [-0.1, -0.05) is 0 Å². The summed E-state index contributed by atoms with van der Waals surface area (Å²) in [5, 5.41) is 13.7. The van der Waals surface area contributed by atoms with Gasteiger partial charge < -0.3 is 5.32 Å². The van der Waals surface area contributed by atoms with Crippen LogP contribution < -0.4 is 5.32 Å². The Morgan fingerprint density at radius 2 is 2.12 bits per heavy atom. The summed E-state index contributed by atoms with van der Waals surface area (Å²) in [5.74, 6) is 0.223. The minimum Gasteiger partial charge on any atom is -0.326 e. The zero-order valence-electron chi connectivity index (χ0n) is 8.53. The van der Waals surface area contributed by atoms with Crippen LogP contribution in [0, 0.1) is 10.1 Å². The molecule has 1 aliphatic carbocycles. The summed E-state index contributed by atoms with van der Waals surface area (Å²) in [6.45, 7) is 0. The Bertz CT molecular complexity index is 506. The van der Waals surface area contributed by atoms with Crippen molar-refractivity contribution in [3.05, 3.63) is 33.4 Å². The number of fused-ring (bicyclic) bond motifs is 1. The molecular weight excluding hydrogens is 208 g/mol. The Morgan fingerprint density at radius 3 is 2.75 bits per heavy atom. The van der Waals surface area contributed by atoms with Crippen LogP contribution in [0.4, 0.5) is 11.4 Å². The van der Waals surface area contributed by atoms with Crippen molar-refractivity contribution in [3.8, 4) is 0 Å². The maximum absolute atomic E-state index is 11.2. The van der Waals surface area contributed by atoms with Crippen molar-refractivity contribution in [2.24, 2.45) is 0 Å². The fourth-order valence-electron chi connectivity index (χ4n) is 2.16. The van der Waals surface area contributed by atoms with E-state index in [1.807, 2.05) is 0 Å². The van der Waals surface area contributed by atoms with Crippen LogP contribution in [-0.2, 0) is 11.2 Å². The Labute approximate surface area is 91.6 Å². The van der Waals surface area contributed by atoms with Crippen LogP contribution in [0.3, 0.4) is 0 Å². The standard InChI is InChI=1S/C11H10N2O3/c14-11-4-7-3-10(13(15)16)8(6-1-2-6)5-9(7)12-11/h3,5-6H,1-2,4H2,(H,12,14). The van der Waals surface area contributed by atoms with Crippen LogP contribution >= 0.6 is 0 Å². The van der Waals surface area contributed by atoms with Gasteiger partial charge in [-0.2, -0.15) is 0 Å². The van der Waals surface area contributed by atoms with Crippen molar-refractivity contribution in [2.75, 3.05) is 5.32 Å². The first-order chi connectivity index (χ1) is 7.65. The first kappa shape index (κ1) is 9.33. The molecule has 0 radical (unpaired) electrons. The molecule has 1 amide bonds. The van der Waals surface area contributed by atoms with E-state index in [2.05, 4.69) is 5.32 Å². The molecule has 5 heteroatoms. The van der Waals surface area contributed by atoms with Crippen LogP contribution in [0.5, 0.6) is 0 Å². The van der Waals surface area contributed by atoms with E-state index in [0.29, 0.717) is 5.92 Å². The second kappa shape index (κ2) is 3.04. The largest absolute Gasteiger partial charge is 0.326 e. The number of carbonyl (C=O) groups excluding carboxylic acids is 1. The molecule has 16 heavy (non-hydrogen) atoms. The molecule has 0 aromatic heterocycles. The van der Waals surface area contributed by atoms with Gasteiger partial charge in [0.05, 0.1) is 11.3 Å². The van der Waals surface area contributed by atoms with Crippen molar-refractivity contribution in [2.45, 2.75) is 25.2 Å². The van der Waals surface area contributed by atoms with Crippen molar-refractivity contribution >= 4 is 17.3 Å². The summed E-state index contributed by atoms with van der Waals surface area (Å²) >= 11 is 0. The molecule has 1 heterocycles. The van der Waals surface area contributed by atoms with Crippen molar-refractivity contribution < 1.29 is 9.72 Å². The lowest BCUT2D eigenvalue weighted by molar-refractivity contribution is -0.385. The van der Waals surface area contributed by atoms with Gasteiger partial charge in [-0.3, -0.25) is 14.9 Å². The van der Waals surface area contributed by atoms with Gasteiger partial charge in [0.2, 0.25) is 5.91 Å². The van der Waals surface area contributed by atoms with E-state index in [1.165, 1.54) is 0 Å². The second-order valence-electron chi connectivity index (χ2n) is 4.32. The minimum atomic E-state index is -0.350. The van der Waals surface area contributed by atoms with Gasteiger partial charge in [0.15, 0.2) is 0 Å². The van der Waals surface area contributed by atoms with Gasteiger partial charge in [-0.15, -0.1) is 0 Å². The highest BCUT2D eigenvalue weighted by Crippen LogP contribution is 2.46. The summed E-state index contributed by atoms with van der Waals surface area (Å²) in [7, 11) is 0. The Hall–Kier alpha value is -1.91. The second-order valence-corrected chi connectivity index (χ2v) is 4.32. The lowest BCUT2D eigenvalue weighted by Gasteiger charge is -2.04. The van der Waals surface area contributed by atoms with Crippen LogP contribution in [0.15, 0.2) is 12.1 Å². The number of anilines is 1. The number of hydrogen-bond donors (Lipinski definition) is 1. The van der Waals surface area contributed by atoms with Crippen LogP contribution in [0.2, 0.25) is 0 Å². The van der Waals surface area contributed by atoms with Crippen LogP contribution in [0.25, 0.3) is 0 Å². The van der Waals surface area contributed by atoms with E-state index in [1.54, 1.807) is 12.1 Å². The molecule has 1 aromatic carbocycles. The molecule has 5 nitrogen and oxygen atoms in total. The van der Waals surface area contributed by atoms with E-state index in [4.69, 9.17) is 0 Å². The lowest BCUT2D eigenvalue weighted by atomic mass is 10.0. The maximum atomic E-state index is 11.2. The molecule has 82 valence electrons. The van der Waals surface area contributed by atoms with Crippen molar-refractivity contribution in [1.29, 1.82) is 0 Å². The van der Waals surface area contributed by atoms with Gasteiger partial charge in [-0.05, 0) is 30.4 Å². The van der Waals surface area contributed by atoms with Gasteiger partial charge in [0.25, 0.3) is 5.69 Å². The molecule has 1 aliphatic heterocycles. The van der Waals surface area contributed by atoms with Gasteiger partial charge in [-0.25, -0.2) is 0 Å². The summed E-state index contributed by atoms with van der Waals surface area (Å²) in [4.78, 5) is 21.8. The molecule has 0 saturated heterocycles. The number of nitrogens with zero attached hydrogens (tertiary/aromatic N) is 1. The molecule has 0 atom stereocenters. The third-order valence-corrected chi connectivity index (χ3v) is 3.09. The van der Waals surface area contributed by atoms with E-state index < -0.39 is 0 Å². The fraction of sp³-hybridized carbons (Fsp3) is 0.364. The summed E-state index contributed by atoms with van der Waals surface area (Å²) in [6, 6.07) is 3.32. The SMILES string of the molecule is O=C1Cc2cc([N+](=O)[O-])c(C3CC3)cc2N1. The number of nitrogens with one attached hydrogen (secondary N) is 1. The van der Waals surface area contributed by atoms with E-state index in [-0.39, 0.29) is 22.9 Å². The molecule has 3 rings (SSSR count). The number of nitro benzene ring substituents is 1. The molecule has 1 fully saturated rings. The number of hydrogen-bond acceptors (Lipinski definition) is 3. The topological polar surface area (TPSA) is 72.2 Å². The molecule has 2 aliphatic rings. The van der Waals surface area contributed by atoms with Gasteiger partial charge in [0.1, 0.15) is 0 Å². The minimum absolute atomic E-state index is 0.0859. The average molecular weight is 218 g/mol. The molecule has 1 saturated carbocycles. The summed E-state index contributed by atoms with van der Waals surface area (Å²) in [5.41, 5.74) is 2.42. The predicted octanol–water partition coefficient (Wildman–Crippen LogP) is 1.97. The highest BCUT2D eigenvalue weighted by molar-refractivity contribution is 5.99. The maximum Gasteiger partial charge on any atom is 0.273 e. The lowest BCUT2D eigenvalue weighted by Crippen LogP contribution is -2.03. The number of amides is 1. The monoisotopic (exact) mass is 218 g/mol. The number of benzene rings is 1. The number of rotatable bonds is 2. The number of nitro groups is 1. The Balaban J connectivity index is 2.13. The van der Waals surface area contributed by atoms with E-state index in [0.717, 1.165) is 29.7 Å². The normalized spacial score (nSPS) is 18.1. The summed E-state index contributed by atoms with van der Waals surface area (Å²) < 4.78 is 0. The van der Waals surface area contributed by atoms with Crippen LogP contribution in [-0.4, -0.2) is 10.8 Å². The van der Waals surface area contributed by atoms with Gasteiger partial charge >= 0.3 is 0 Å². The zero-order chi connectivity index (χ0) is 11.3. The third-order valence-electron chi connectivity index (χ3n) is 3.09. The smallest absolute Gasteiger partial charge is 0.273 e. The zero-order valence-corrected chi connectivity index (χ0v) is 8.53. The molecule has 0 unspecified atom stereocenters. The highest BCUT2D eigenvalue weighted by Gasteiger charge is 2.33.